The number of aliphatic carboxylic acids is 1. The zero-order valence-corrected chi connectivity index (χ0v) is 32.3. The molecule has 26 nitrogen and oxygen atoms in total. The number of aromatic hydroxyl groups is 11. The summed E-state index contributed by atoms with van der Waals surface area (Å²) >= 11 is 0. The summed E-state index contributed by atoms with van der Waals surface area (Å²) < 4.78 is 32.6. The number of aliphatic hydroxyl groups excluding tert-OH is 1. The number of carbonyl (C=O) groups excluding carboxylic acids is 5. The minimum absolute atomic E-state index is 0.378. The van der Waals surface area contributed by atoms with E-state index in [-0.39, 0.29) is 0 Å². The number of ketones is 1. The average Bonchev–Trinajstić information content (AvgIpc) is 3.72. The monoisotopic (exact) mass is 924 g/mol. The quantitative estimate of drug-likeness (QED) is 0.0704. The number of ether oxygens (including phenoxy) is 6. The van der Waals surface area contributed by atoms with Crippen LogP contribution in [0.25, 0.3) is 16.7 Å². The minimum Gasteiger partial charge on any atom is -0.504 e. The molecular weight excluding hydrogens is 896 g/mol. The number of fused-ring (bicyclic) bond motifs is 8. The number of carboxylic acids is 1. The highest BCUT2D eigenvalue weighted by Crippen LogP contribution is 2.57. The second kappa shape index (κ2) is 15.1. The molecule has 0 radical (unpaired) electrons. The van der Waals surface area contributed by atoms with Crippen LogP contribution in [0.3, 0.4) is 0 Å². The van der Waals surface area contributed by atoms with Gasteiger partial charge in [0.15, 0.2) is 57.8 Å². The van der Waals surface area contributed by atoms with E-state index in [4.69, 9.17) is 28.4 Å². The van der Waals surface area contributed by atoms with Crippen molar-refractivity contribution < 1.29 is 129 Å². The predicted molar refractivity (Wildman–Crippen MR) is 202 cm³/mol. The maximum atomic E-state index is 14.4. The second-order valence-electron chi connectivity index (χ2n) is 14.7. The number of Topliss-reactive ketones (excluding diaryl/α,β-unsaturated/α-hetero) is 1. The minimum atomic E-state index is -3.16. The summed E-state index contributed by atoms with van der Waals surface area (Å²) in [6.07, 6.45) is -13.1. The lowest BCUT2D eigenvalue weighted by molar-refractivity contribution is -0.283. The van der Waals surface area contributed by atoms with E-state index >= 15 is 0 Å². The van der Waals surface area contributed by atoms with Gasteiger partial charge in [-0.1, -0.05) is 0 Å². The first kappa shape index (κ1) is 43.8. The number of carbonyl (C=O) groups is 6. The molecule has 344 valence electrons. The Morgan fingerprint density at radius 1 is 0.652 bits per heavy atom. The Kier molecular flexibility index (Phi) is 10.0. The molecule has 26 heteroatoms. The molecule has 0 amide bonds. The zero-order valence-electron chi connectivity index (χ0n) is 32.3. The normalized spacial score (nSPS) is 23.1. The molecule has 4 aliphatic rings. The lowest BCUT2D eigenvalue weighted by Gasteiger charge is -2.42. The number of aliphatic hydroxyl groups is 2. The van der Waals surface area contributed by atoms with Crippen molar-refractivity contribution in [3.8, 4) is 80.1 Å². The van der Waals surface area contributed by atoms with Gasteiger partial charge in [-0.05, 0) is 30.3 Å². The predicted octanol–water partition coefficient (Wildman–Crippen LogP) is -0.129. The third kappa shape index (κ3) is 6.54. The highest BCUT2D eigenvalue weighted by atomic mass is 16.7. The van der Waals surface area contributed by atoms with Gasteiger partial charge < -0.3 is 99.9 Å². The maximum Gasteiger partial charge on any atom is 0.340 e. The van der Waals surface area contributed by atoms with Crippen LogP contribution in [0.1, 0.15) is 53.4 Å². The fraction of sp³-hybridized carbons (Fsp3) is 0.200. The molecule has 3 aliphatic heterocycles. The summed E-state index contributed by atoms with van der Waals surface area (Å²) in [5.74, 6) is -28.0. The van der Waals surface area contributed by atoms with Crippen LogP contribution in [0, 0.1) is 0 Å². The SMILES string of the molecule is O=C(O)C1=C2c3c(C(=O)OC4C(OC(=O)c5cc(O)c(O)c(O)c5)OC5COC(=O)c6cc(O)c(O)c(O)c6-c6c(cc(O)c(O)c6O)C(=O)OC4C5O)cc(O)c(O)c3OC2(O)C(=O)C1. The summed E-state index contributed by atoms with van der Waals surface area (Å²) in [6, 6.07) is 2.41. The van der Waals surface area contributed by atoms with Gasteiger partial charge in [-0.15, -0.1) is 0 Å². The highest BCUT2D eigenvalue weighted by Gasteiger charge is 2.59. The van der Waals surface area contributed by atoms with Gasteiger partial charge in [0, 0.05) is 23.1 Å². The van der Waals surface area contributed by atoms with Gasteiger partial charge in [-0.3, -0.25) is 4.79 Å². The Labute approximate surface area is 362 Å². The number of cyclic esters (lactones) is 1. The highest BCUT2D eigenvalue weighted by molar-refractivity contribution is 6.20. The van der Waals surface area contributed by atoms with Crippen molar-refractivity contribution >= 4 is 41.2 Å². The number of hydrogen-bond acceptors (Lipinski definition) is 25. The van der Waals surface area contributed by atoms with Crippen LogP contribution >= 0.6 is 0 Å². The van der Waals surface area contributed by atoms with Crippen LogP contribution in [0.4, 0.5) is 0 Å². The molecule has 4 aromatic carbocycles. The Morgan fingerprint density at radius 3 is 1.77 bits per heavy atom. The Bertz CT molecular complexity index is 2910. The summed E-state index contributed by atoms with van der Waals surface area (Å²) in [5, 5.41) is 148. The van der Waals surface area contributed by atoms with Crippen molar-refractivity contribution in [1.82, 2.24) is 0 Å². The van der Waals surface area contributed by atoms with E-state index in [0.717, 1.165) is 0 Å². The third-order valence-corrected chi connectivity index (χ3v) is 10.8. The molecule has 8 rings (SSSR count). The van der Waals surface area contributed by atoms with Crippen molar-refractivity contribution in [2.75, 3.05) is 6.61 Å². The van der Waals surface area contributed by atoms with E-state index in [0.29, 0.717) is 30.3 Å². The Balaban J connectivity index is 1.30. The zero-order chi connectivity index (χ0) is 48.2. The van der Waals surface area contributed by atoms with E-state index in [1.165, 1.54) is 0 Å². The topological polar surface area (TPSA) is 441 Å². The molecule has 0 spiro atoms. The van der Waals surface area contributed by atoms with Gasteiger partial charge in [0.2, 0.25) is 35.4 Å². The summed E-state index contributed by atoms with van der Waals surface area (Å²) in [6.45, 7) is -1.19. The lowest BCUT2D eigenvalue weighted by atomic mass is 9.91. The molecular formula is C40H28O26. The van der Waals surface area contributed by atoms with Crippen molar-refractivity contribution in [3.63, 3.8) is 0 Å². The van der Waals surface area contributed by atoms with E-state index < -0.39 is 204 Å². The molecule has 1 fully saturated rings. The summed E-state index contributed by atoms with van der Waals surface area (Å²) in [7, 11) is 0. The molecule has 3 heterocycles. The van der Waals surface area contributed by atoms with Crippen molar-refractivity contribution in [2.24, 2.45) is 0 Å². The largest absolute Gasteiger partial charge is 0.504 e. The van der Waals surface area contributed by atoms with E-state index in [1.807, 2.05) is 0 Å². The van der Waals surface area contributed by atoms with Gasteiger partial charge in [-0.25, -0.2) is 24.0 Å². The molecule has 6 atom stereocenters. The van der Waals surface area contributed by atoms with Crippen LogP contribution in [-0.4, -0.2) is 150 Å². The van der Waals surface area contributed by atoms with Crippen molar-refractivity contribution in [1.29, 1.82) is 0 Å². The van der Waals surface area contributed by atoms with E-state index in [9.17, 15) is 100 Å². The van der Waals surface area contributed by atoms with Crippen LogP contribution in [0.2, 0.25) is 0 Å². The number of carboxylic acid groups (broad SMARTS) is 1. The van der Waals surface area contributed by atoms with Gasteiger partial charge in [0.05, 0.1) is 33.4 Å². The number of hydrogen-bond donors (Lipinski definition) is 14. The fourth-order valence-electron chi connectivity index (χ4n) is 7.62. The standard InChI is InChI=1S/C40H28O26/c41-13-1-8(2-14(42)24(13)47)35(56)65-39-33(64-38(59)11-5-17(45)27(50)31-22(11)23-12(34(54)55)6-19(46)40(23,60)66-31)32-28(51)18(62-39)7-61-36(57)9-3-15(43)25(48)29(52)20(9)21-10(37(58)63-32)4-16(44)26(49)30(21)53/h1-5,18,28,32-33,39,41-45,47-53,60H,6-7H2,(H,54,55). The average molecular weight is 925 g/mol. The first-order valence-corrected chi connectivity index (χ1v) is 18.4. The molecule has 0 saturated carbocycles. The van der Waals surface area contributed by atoms with Crippen LogP contribution in [0.15, 0.2) is 35.9 Å². The number of phenols is 11. The maximum absolute atomic E-state index is 14.4. The van der Waals surface area contributed by atoms with Crippen LogP contribution < -0.4 is 4.74 Å². The third-order valence-electron chi connectivity index (χ3n) is 10.8. The summed E-state index contributed by atoms with van der Waals surface area (Å²) in [5.41, 5.74) is -8.69. The van der Waals surface area contributed by atoms with Gasteiger partial charge >= 0.3 is 29.8 Å². The van der Waals surface area contributed by atoms with Gasteiger partial charge in [0.1, 0.15) is 18.8 Å². The Hall–Kier alpha value is -8.88. The first-order valence-electron chi connectivity index (χ1n) is 18.4. The molecule has 1 saturated heterocycles. The second-order valence-corrected chi connectivity index (χ2v) is 14.7. The van der Waals surface area contributed by atoms with Crippen LogP contribution in [-0.2, 0) is 33.3 Å². The lowest BCUT2D eigenvalue weighted by Crippen LogP contribution is -2.62. The fourth-order valence-corrected chi connectivity index (χ4v) is 7.62. The molecule has 0 aromatic heterocycles. The molecule has 66 heavy (non-hydrogen) atoms. The molecule has 6 unspecified atom stereocenters. The van der Waals surface area contributed by atoms with Gasteiger partial charge in [-0.2, -0.15) is 0 Å². The number of esters is 4. The van der Waals surface area contributed by atoms with E-state index in [1.54, 1.807) is 0 Å². The van der Waals surface area contributed by atoms with E-state index in [2.05, 4.69) is 0 Å². The van der Waals surface area contributed by atoms with Crippen molar-refractivity contribution in [2.45, 2.75) is 42.9 Å². The summed E-state index contributed by atoms with van der Waals surface area (Å²) in [4.78, 5) is 81.1. The molecule has 4 aromatic rings. The number of benzene rings is 4. The smallest absolute Gasteiger partial charge is 0.340 e. The number of phenolic OH excluding ortho intramolecular Hbond substituents is 11. The van der Waals surface area contributed by atoms with Crippen molar-refractivity contribution in [3.05, 3.63) is 63.7 Å². The molecule has 2 bridgehead atoms. The van der Waals surface area contributed by atoms with Gasteiger partial charge in [0.25, 0.3) is 5.79 Å². The molecule has 1 aliphatic carbocycles. The van der Waals surface area contributed by atoms with Crippen LogP contribution in [0.5, 0.6) is 69.0 Å². The Morgan fingerprint density at radius 2 is 1.20 bits per heavy atom. The number of rotatable bonds is 5. The molecule has 14 N–H and O–H groups in total. The first-order chi connectivity index (χ1) is 31.0.